The van der Waals surface area contributed by atoms with Crippen LogP contribution in [0.15, 0.2) is 33.9 Å². The second-order valence-corrected chi connectivity index (χ2v) is 6.15. The van der Waals surface area contributed by atoms with Gasteiger partial charge in [0.05, 0.1) is 16.5 Å². The summed E-state index contributed by atoms with van der Waals surface area (Å²) in [5, 5.41) is 3.79. The first-order chi connectivity index (χ1) is 8.94. The fourth-order valence-corrected chi connectivity index (χ4v) is 3.14. The van der Waals surface area contributed by atoms with Gasteiger partial charge in [-0.25, -0.2) is 17.8 Å². The van der Waals surface area contributed by atoms with E-state index in [9.17, 15) is 8.42 Å². The van der Waals surface area contributed by atoms with Gasteiger partial charge in [-0.2, -0.15) is 10.1 Å². The van der Waals surface area contributed by atoms with Gasteiger partial charge in [-0.15, -0.1) is 0 Å². The molecular weight excluding hydrogens is 336 g/mol. The van der Waals surface area contributed by atoms with Crippen LogP contribution < -0.4 is 9.46 Å². The lowest BCUT2D eigenvalue weighted by atomic mass is 10.3. The highest BCUT2D eigenvalue weighted by Gasteiger charge is 2.18. The summed E-state index contributed by atoms with van der Waals surface area (Å²) in [5.74, 6) is 0.699. The van der Waals surface area contributed by atoms with Gasteiger partial charge in [0.25, 0.3) is 10.0 Å². The van der Waals surface area contributed by atoms with Crippen LogP contribution in [0.2, 0.25) is 0 Å². The molecule has 7 nitrogen and oxygen atoms in total. The minimum atomic E-state index is -3.71. The van der Waals surface area contributed by atoms with Crippen LogP contribution in [0.4, 0.5) is 5.95 Å². The average molecular weight is 347 g/mol. The Balaban J connectivity index is 2.35. The first-order valence-corrected chi connectivity index (χ1v) is 7.42. The van der Waals surface area contributed by atoms with Crippen molar-refractivity contribution in [2.75, 3.05) is 11.8 Å². The van der Waals surface area contributed by atoms with Crippen LogP contribution >= 0.6 is 15.9 Å². The predicted molar refractivity (Wildman–Crippen MR) is 72.5 cm³/mol. The number of benzene rings is 1. The number of ether oxygens (including phenoxy) is 1. The molecule has 0 atom stereocenters. The van der Waals surface area contributed by atoms with Crippen LogP contribution in [-0.2, 0) is 17.1 Å². The molecule has 0 saturated heterocycles. The van der Waals surface area contributed by atoms with Crippen LogP contribution in [0.3, 0.4) is 0 Å². The van der Waals surface area contributed by atoms with E-state index in [2.05, 4.69) is 30.7 Å². The molecule has 0 radical (unpaired) electrons. The zero-order valence-electron chi connectivity index (χ0n) is 10.2. The van der Waals surface area contributed by atoms with E-state index in [1.54, 1.807) is 13.1 Å². The number of aromatic nitrogens is 3. The van der Waals surface area contributed by atoms with Gasteiger partial charge in [0.1, 0.15) is 12.1 Å². The third-order valence-electron chi connectivity index (χ3n) is 2.37. The van der Waals surface area contributed by atoms with Crippen molar-refractivity contribution in [1.29, 1.82) is 0 Å². The summed E-state index contributed by atoms with van der Waals surface area (Å²) in [6.45, 7) is 0. The van der Waals surface area contributed by atoms with Gasteiger partial charge < -0.3 is 4.74 Å². The van der Waals surface area contributed by atoms with E-state index in [0.717, 1.165) is 0 Å². The first kappa shape index (κ1) is 13.8. The fourth-order valence-electron chi connectivity index (χ4n) is 1.38. The number of halogens is 1. The second-order valence-electron chi connectivity index (χ2n) is 3.61. The van der Waals surface area contributed by atoms with E-state index >= 15 is 0 Å². The molecule has 0 aliphatic rings. The molecule has 2 aromatic rings. The Morgan fingerprint density at radius 2 is 2.16 bits per heavy atom. The Morgan fingerprint density at radius 1 is 1.42 bits per heavy atom. The fraction of sp³-hybridized carbons (Fsp3) is 0.200. The van der Waals surface area contributed by atoms with Crippen molar-refractivity contribution in [3.63, 3.8) is 0 Å². The van der Waals surface area contributed by atoms with Crippen LogP contribution in [0.1, 0.15) is 0 Å². The minimum absolute atomic E-state index is 0.100. The molecule has 19 heavy (non-hydrogen) atoms. The van der Waals surface area contributed by atoms with Crippen molar-refractivity contribution in [1.82, 2.24) is 14.8 Å². The standard InChI is InChI=1S/C10H11BrN4O3S/c1-15-10(12-6-13-15)14-19(16,17)7-3-4-9(18-2)8(11)5-7/h3-6H,1-2H3,(H,12,13,14). The highest BCUT2D eigenvalue weighted by atomic mass is 79.9. The quantitative estimate of drug-likeness (QED) is 0.903. The van der Waals surface area contributed by atoms with E-state index in [4.69, 9.17) is 4.74 Å². The van der Waals surface area contributed by atoms with E-state index in [-0.39, 0.29) is 10.8 Å². The van der Waals surface area contributed by atoms with Crippen molar-refractivity contribution in [2.45, 2.75) is 4.90 Å². The van der Waals surface area contributed by atoms with Crippen molar-refractivity contribution in [3.8, 4) is 5.75 Å². The summed E-state index contributed by atoms with van der Waals surface area (Å²) in [6.07, 6.45) is 1.27. The lowest BCUT2D eigenvalue weighted by Crippen LogP contribution is -2.16. The molecule has 1 aromatic carbocycles. The van der Waals surface area contributed by atoms with Crippen molar-refractivity contribution in [2.24, 2.45) is 7.05 Å². The Hall–Kier alpha value is -1.61. The molecule has 0 fully saturated rings. The maximum Gasteiger partial charge on any atom is 0.264 e. The van der Waals surface area contributed by atoms with Gasteiger partial charge in [0.15, 0.2) is 0 Å². The van der Waals surface area contributed by atoms with Crippen molar-refractivity contribution < 1.29 is 13.2 Å². The molecule has 0 aliphatic heterocycles. The number of hydrogen-bond donors (Lipinski definition) is 1. The third kappa shape index (κ3) is 2.87. The number of hydrogen-bond acceptors (Lipinski definition) is 5. The molecule has 2 rings (SSSR count). The molecule has 1 heterocycles. The summed E-state index contributed by atoms with van der Waals surface area (Å²) in [5.41, 5.74) is 0. The molecule has 9 heteroatoms. The third-order valence-corrected chi connectivity index (χ3v) is 4.32. The molecule has 1 aromatic heterocycles. The smallest absolute Gasteiger partial charge is 0.264 e. The lowest BCUT2D eigenvalue weighted by molar-refractivity contribution is 0.411. The number of methoxy groups -OCH3 is 1. The zero-order valence-corrected chi connectivity index (χ0v) is 12.6. The maximum absolute atomic E-state index is 12.1. The minimum Gasteiger partial charge on any atom is -0.496 e. The summed E-state index contributed by atoms with van der Waals surface area (Å²) in [4.78, 5) is 3.91. The normalized spacial score (nSPS) is 11.3. The molecule has 0 amide bonds. The van der Waals surface area contributed by atoms with Gasteiger partial charge in [0.2, 0.25) is 5.95 Å². The number of nitrogens with one attached hydrogen (secondary N) is 1. The van der Waals surface area contributed by atoms with Gasteiger partial charge in [-0.05, 0) is 34.1 Å². The van der Waals surface area contributed by atoms with Gasteiger partial charge in [0, 0.05) is 7.05 Å². The Morgan fingerprint density at radius 3 is 2.68 bits per heavy atom. The second kappa shape index (κ2) is 5.17. The number of rotatable bonds is 4. The van der Waals surface area contributed by atoms with Gasteiger partial charge >= 0.3 is 0 Å². The molecule has 0 saturated carbocycles. The largest absolute Gasteiger partial charge is 0.496 e. The highest BCUT2D eigenvalue weighted by molar-refractivity contribution is 9.10. The van der Waals surface area contributed by atoms with Gasteiger partial charge in [-0.1, -0.05) is 0 Å². The van der Waals surface area contributed by atoms with Crippen LogP contribution in [0.25, 0.3) is 0 Å². The molecule has 0 spiro atoms. The van der Waals surface area contributed by atoms with E-state index in [1.807, 2.05) is 0 Å². The van der Waals surface area contributed by atoms with Gasteiger partial charge in [-0.3, -0.25) is 0 Å². The first-order valence-electron chi connectivity index (χ1n) is 5.14. The average Bonchev–Trinajstić information content (AvgIpc) is 2.74. The van der Waals surface area contributed by atoms with E-state index < -0.39 is 10.0 Å². The molecule has 0 bridgehead atoms. The van der Waals surface area contributed by atoms with Crippen LogP contribution in [0.5, 0.6) is 5.75 Å². The SMILES string of the molecule is COc1ccc(S(=O)(=O)Nc2ncnn2C)cc1Br. The topological polar surface area (TPSA) is 86.1 Å². The number of anilines is 1. The maximum atomic E-state index is 12.1. The lowest BCUT2D eigenvalue weighted by Gasteiger charge is -2.09. The predicted octanol–water partition coefficient (Wildman–Crippen LogP) is 1.39. The molecule has 102 valence electrons. The monoisotopic (exact) mass is 346 g/mol. The summed E-state index contributed by atoms with van der Waals surface area (Å²) >= 11 is 3.24. The molecular formula is C10H11BrN4O3S. The summed E-state index contributed by atoms with van der Waals surface area (Å²) < 4.78 is 33.6. The zero-order chi connectivity index (χ0) is 14.0. The Bertz CT molecular complexity index is 699. The van der Waals surface area contributed by atoms with Crippen molar-refractivity contribution >= 4 is 31.9 Å². The Labute approximate surface area is 118 Å². The van der Waals surface area contributed by atoms with E-state index in [0.29, 0.717) is 10.2 Å². The molecule has 0 unspecified atom stereocenters. The van der Waals surface area contributed by atoms with Crippen LogP contribution in [0, 0.1) is 0 Å². The van der Waals surface area contributed by atoms with Crippen molar-refractivity contribution in [3.05, 3.63) is 29.0 Å². The number of sulfonamides is 1. The number of nitrogens with zero attached hydrogens (tertiary/aromatic N) is 3. The Kier molecular flexibility index (Phi) is 3.76. The van der Waals surface area contributed by atoms with Crippen LogP contribution in [-0.4, -0.2) is 30.3 Å². The number of aryl methyl sites for hydroxylation is 1. The highest BCUT2D eigenvalue weighted by Crippen LogP contribution is 2.27. The molecule has 1 N–H and O–H groups in total. The summed E-state index contributed by atoms with van der Waals surface area (Å²) in [7, 11) is -0.614. The molecule has 0 aliphatic carbocycles. The van der Waals surface area contributed by atoms with E-state index in [1.165, 1.54) is 30.3 Å². The summed E-state index contributed by atoms with van der Waals surface area (Å²) in [6, 6.07) is 4.47.